The predicted octanol–water partition coefficient (Wildman–Crippen LogP) is 3.24. The van der Waals surface area contributed by atoms with E-state index in [1.54, 1.807) is 31.8 Å². The highest BCUT2D eigenvalue weighted by atomic mass is 32.1. The van der Waals surface area contributed by atoms with Gasteiger partial charge in [0.25, 0.3) is 5.56 Å². The van der Waals surface area contributed by atoms with E-state index in [2.05, 4.69) is 4.99 Å². The molecule has 4 rings (SSSR count). The van der Waals surface area contributed by atoms with Crippen LogP contribution >= 0.6 is 11.3 Å². The largest absolute Gasteiger partial charge is 0.496 e. The van der Waals surface area contributed by atoms with Gasteiger partial charge in [0.05, 0.1) is 31.4 Å². The maximum absolute atomic E-state index is 13.7. The monoisotopic (exact) mass is 478 g/mol. The second-order valence-corrected chi connectivity index (χ2v) is 8.73. The average Bonchev–Trinajstić information content (AvgIpc) is 3.13. The van der Waals surface area contributed by atoms with Crippen molar-refractivity contribution in [2.24, 2.45) is 4.99 Å². The molecule has 176 valence electrons. The van der Waals surface area contributed by atoms with E-state index in [0.29, 0.717) is 44.5 Å². The molecular formula is C26H26N2O5S. The van der Waals surface area contributed by atoms with Crippen LogP contribution in [0.2, 0.25) is 0 Å². The Morgan fingerprint density at radius 1 is 1.12 bits per heavy atom. The fraction of sp³-hybridized carbons (Fsp3) is 0.269. The highest BCUT2D eigenvalue weighted by Crippen LogP contribution is 2.35. The number of nitrogens with zero attached hydrogens (tertiary/aromatic N) is 2. The molecule has 0 unspecified atom stereocenters. The van der Waals surface area contributed by atoms with E-state index in [4.69, 9.17) is 14.2 Å². The molecule has 0 saturated carbocycles. The number of fused-ring (bicyclic) bond motifs is 1. The van der Waals surface area contributed by atoms with E-state index in [1.807, 2.05) is 49.4 Å². The van der Waals surface area contributed by atoms with E-state index < -0.39 is 6.04 Å². The summed E-state index contributed by atoms with van der Waals surface area (Å²) in [4.78, 5) is 31.5. The predicted molar refractivity (Wildman–Crippen MR) is 132 cm³/mol. The lowest BCUT2D eigenvalue weighted by Gasteiger charge is -2.25. The summed E-state index contributed by atoms with van der Waals surface area (Å²) < 4.78 is 18.7. The quantitative estimate of drug-likeness (QED) is 0.521. The third-order valence-corrected chi connectivity index (χ3v) is 6.60. The third-order valence-electron chi connectivity index (χ3n) is 5.62. The van der Waals surface area contributed by atoms with Gasteiger partial charge in [0.2, 0.25) is 0 Å². The number of ether oxygens (including phenoxy) is 3. The van der Waals surface area contributed by atoms with Crippen molar-refractivity contribution in [2.75, 3.05) is 20.8 Å². The molecule has 1 aliphatic heterocycles. The smallest absolute Gasteiger partial charge is 0.271 e. The summed E-state index contributed by atoms with van der Waals surface area (Å²) in [5.74, 6) is 1.70. The molecule has 0 radical (unpaired) electrons. The van der Waals surface area contributed by atoms with Crippen molar-refractivity contribution in [1.82, 2.24) is 4.57 Å². The Bertz CT molecular complexity index is 1470. The second-order valence-electron chi connectivity index (χ2n) is 7.72. The van der Waals surface area contributed by atoms with Gasteiger partial charge in [0.15, 0.2) is 22.1 Å². The molecule has 1 aromatic heterocycles. The van der Waals surface area contributed by atoms with Gasteiger partial charge in [0.1, 0.15) is 5.75 Å². The normalized spacial score (nSPS) is 15.6. The Kier molecular flexibility index (Phi) is 6.70. The first-order valence-corrected chi connectivity index (χ1v) is 11.7. The lowest BCUT2D eigenvalue weighted by molar-refractivity contribution is -0.114. The fourth-order valence-corrected chi connectivity index (χ4v) is 5.20. The van der Waals surface area contributed by atoms with Crippen LogP contribution in [0.15, 0.2) is 63.5 Å². The first-order chi connectivity index (χ1) is 16.4. The highest BCUT2D eigenvalue weighted by molar-refractivity contribution is 7.07. The van der Waals surface area contributed by atoms with Crippen molar-refractivity contribution in [3.8, 4) is 17.2 Å². The Labute approximate surface area is 201 Å². The van der Waals surface area contributed by atoms with Crippen LogP contribution in [0.1, 0.15) is 37.9 Å². The fourth-order valence-electron chi connectivity index (χ4n) is 4.16. The molecule has 2 heterocycles. The van der Waals surface area contributed by atoms with Crippen molar-refractivity contribution in [1.29, 1.82) is 0 Å². The molecule has 7 nitrogen and oxygen atoms in total. The Morgan fingerprint density at radius 3 is 2.53 bits per heavy atom. The van der Waals surface area contributed by atoms with Crippen LogP contribution < -0.4 is 29.1 Å². The minimum Gasteiger partial charge on any atom is -0.496 e. The van der Waals surface area contributed by atoms with Gasteiger partial charge < -0.3 is 14.2 Å². The summed E-state index contributed by atoms with van der Waals surface area (Å²) in [7, 11) is 3.15. The summed E-state index contributed by atoms with van der Waals surface area (Å²) >= 11 is 1.28. The highest BCUT2D eigenvalue weighted by Gasteiger charge is 2.32. The number of methoxy groups -OCH3 is 2. The van der Waals surface area contributed by atoms with Crippen molar-refractivity contribution in [3.05, 3.63) is 84.5 Å². The number of allylic oxidation sites excluding steroid dienone is 2. The van der Waals surface area contributed by atoms with E-state index in [0.717, 1.165) is 11.1 Å². The summed E-state index contributed by atoms with van der Waals surface area (Å²) in [6.07, 6.45) is 1.80. The number of carbonyl (C=O) groups excluding carboxylic acids is 1. The average molecular weight is 479 g/mol. The molecule has 0 N–H and O–H groups in total. The molecular weight excluding hydrogens is 452 g/mol. The Balaban J connectivity index is 1.93. The molecule has 0 spiro atoms. The number of hydrogen-bond acceptors (Lipinski definition) is 7. The topological polar surface area (TPSA) is 79.1 Å². The third kappa shape index (κ3) is 4.17. The van der Waals surface area contributed by atoms with Crippen LogP contribution in [-0.4, -0.2) is 31.2 Å². The zero-order chi connectivity index (χ0) is 24.4. The number of benzene rings is 2. The van der Waals surface area contributed by atoms with Gasteiger partial charge >= 0.3 is 0 Å². The number of hydrogen-bond donors (Lipinski definition) is 0. The molecule has 2 aromatic carbocycles. The van der Waals surface area contributed by atoms with Crippen molar-refractivity contribution < 1.29 is 19.0 Å². The van der Waals surface area contributed by atoms with Gasteiger partial charge in [-0.05, 0) is 50.6 Å². The molecule has 3 aromatic rings. The van der Waals surface area contributed by atoms with Crippen molar-refractivity contribution >= 4 is 23.2 Å². The van der Waals surface area contributed by atoms with Crippen LogP contribution in [0, 0.1) is 0 Å². The van der Waals surface area contributed by atoms with Gasteiger partial charge in [-0.3, -0.25) is 14.2 Å². The molecule has 1 atom stereocenters. The van der Waals surface area contributed by atoms with E-state index in [-0.39, 0.29) is 11.3 Å². The van der Waals surface area contributed by atoms with Crippen LogP contribution in [0.4, 0.5) is 0 Å². The van der Waals surface area contributed by atoms with E-state index in [1.165, 1.54) is 18.3 Å². The maximum Gasteiger partial charge on any atom is 0.271 e. The lowest BCUT2D eigenvalue weighted by atomic mass is 9.93. The zero-order valence-corrected chi connectivity index (χ0v) is 20.6. The van der Waals surface area contributed by atoms with Crippen LogP contribution in [0.5, 0.6) is 17.2 Å². The summed E-state index contributed by atoms with van der Waals surface area (Å²) in [5.41, 5.74) is 2.38. The van der Waals surface area contributed by atoms with Gasteiger partial charge in [-0.25, -0.2) is 4.99 Å². The number of aromatic nitrogens is 1. The van der Waals surface area contributed by atoms with Crippen molar-refractivity contribution in [2.45, 2.75) is 26.8 Å². The minimum absolute atomic E-state index is 0.136. The second kappa shape index (κ2) is 9.69. The molecule has 34 heavy (non-hydrogen) atoms. The molecule has 0 amide bonds. The van der Waals surface area contributed by atoms with Crippen LogP contribution in [-0.2, 0) is 4.79 Å². The van der Waals surface area contributed by atoms with E-state index >= 15 is 0 Å². The summed E-state index contributed by atoms with van der Waals surface area (Å²) in [5, 5.41) is 0. The van der Waals surface area contributed by atoms with Crippen LogP contribution in [0.25, 0.3) is 6.08 Å². The Morgan fingerprint density at radius 2 is 1.85 bits per heavy atom. The molecule has 1 aliphatic rings. The van der Waals surface area contributed by atoms with Crippen LogP contribution in [0.3, 0.4) is 0 Å². The number of Topliss-reactive ketones (excluding diaryl/α,β-unsaturated/α-hetero) is 1. The Hall–Kier alpha value is -3.65. The van der Waals surface area contributed by atoms with Gasteiger partial charge in [-0.2, -0.15) is 0 Å². The molecule has 0 aliphatic carbocycles. The SMILES string of the molecule is CCOc1ccc(/C=c2/sc3n(c2=O)[C@@H](c2ccccc2OC)C(C(C)=O)=C(C)N=3)cc1OC. The van der Waals surface area contributed by atoms with E-state index in [9.17, 15) is 9.59 Å². The zero-order valence-electron chi connectivity index (χ0n) is 19.7. The number of para-hydroxylation sites is 1. The summed E-state index contributed by atoms with van der Waals surface area (Å²) in [6, 6.07) is 12.3. The summed E-state index contributed by atoms with van der Waals surface area (Å²) in [6.45, 7) is 5.73. The van der Waals surface area contributed by atoms with Gasteiger partial charge in [0, 0.05) is 16.8 Å². The molecule has 0 fully saturated rings. The van der Waals surface area contributed by atoms with Crippen molar-refractivity contribution in [3.63, 3.8) is 0 Å². The number of rotatable bonds is 7. The molecule has 0 saturated heterocycles. The number of carbonyl (C=O) groups is 1. The standard InChI is InChI=1S/C26H26N2O5S/c1-6-33-20-12-11-17(13-21(20)32-5)14-22-25(30)28-24(18-9-7-8-10-19(18)31-4)23(16(3)29)15(2)27-26(28)34-22/h7-14,24H,6H2,1-5H3/b22-14+/t24-/m0/s1. The number of ketones is 1. The molecule has 0 bridgehead atoms. The first-order valence-electron chi connectivity index (χ1n) is 10.9. The lowest BCUT2D eigenvalue weighted by Crippen LogP contribution is -2.39. The minimum atomic E-state index is -0.623. The molecule has 8 heteroatoms. The number of thiazole rings is 1. The van der Waals surface area contributed by atoms with Gasteiger partial charge in [-0.1, -0.05) is 35.6 Å². The van der Waals surface area contributed by atoms with Gasteiger partial charge in [-0.15, -0.1) is 0 Å². The maximum atomic E-state index is 13.7. The first kappa shape index (κ1) is 23.5.